The summed E-state index contributed by atoms with van der Waals surface area (Å²) in [5.74, 6) is 0. The van der Waals surface area contributed by atoms with Crippen LogP contribution in [0.4, 0.5) is 0 Å². The summed E-state index contributed by atoms with van der Waals surface area (Å²) < 4.78 is 0. The topological polar surface area (TPSA) is 45.8 Å². The van der Waals surface area contributed by atoms with Crippen LogP contribution in [0.1, 0.15) is 5.56 Å². The molecule has 0 saturated heterocycles. The smallest absolute Gasteiger partial charge is 0.304 e. The highest BCUT2D eigenvalue weighted by Crippen LogP contribution is 2.32. The van der Waals surface area contributed by atoms with Crippen LogP contribution in [0.25, 0.3) is 10.6 Å². The minimum absolute atomic E-state index is 0.352. The Bertz CT molecular complexity index is 518. The zero-order chi connectivity index (χ0) is 10.1. The summed E-state index contributed by atoms with van der Waals surface area (Å²) in [5.41, 5.74) is 1.31. The quantitative estimate of drug-likeness (QED) is 0.812. The Morgan fingerprint density at radius 2 is 2.36 bits per heavy atom. The molecule has 0 fully saturated rings. The van der Waals surface area contributed by atoms with Gasteiger partial charge >= 0.3 is 5.69 Å². The number of nitrogens with one attached hydrogen (secondary N) is 1. The van der Waals surface area contributed by atoms with Crippen LogP contribution in [0.2, 0.25) is 5.02 Å². The highest BCUT2D eigenvalue weighted by atomic mass is 35.5. The van der Waals surface area contributed by atoms with Crippen molar-refractivity contribution in [2.45, 2.75) is 6.92 Å². The van der Waals surface area contributed by atoms with Crippen LogP contribution >= 0.6 is 22.9 Å². The molecule has 72 valence electrons. The molecule has 2 aromatic heterocycles. The summed E-state index contributed by atoms with van der Waals surface area (Å²) in [6, 6.07) is 1.81. The Morgan fingerprint density at radius 3 is 3.00 bits per heavy atom. The van der Waals surface area contributed by atoms with Gasteiger partial charge in [-0.25, -0.2) is 9.78 Å². The molecule has 0 aromatic carbocycles. The van der Waals surface area contributed by atoms with Gasteiger partial charge in [-0.15, -0.1) is 11.3 Å². The third kappa shape index (κ3) is 1.58. The van der Waals surface area contributed by atoms with E-state index < -0.39 is 0 Å². The van der Waals surface area contributed by atoms with Gasteiger partial charge in [0.25, 0.3) is 0 Å². The SMILES string of the molecule is Cc1cnc(=O)[nH]c1-c1sccc1Cl. The number of aromatic amines is 1. The Labute approximate surface area is 89.4 Å². The molecule has 0 amide bonds. The average molecular weight is 227 g/mol. The molecule has 0 bridgehead atoms. The van der Waals surface area contributed by atoms with E-state index in [1.165, 1.54) is 11.3 Å². The number of halogens is 1. The molecule has 0 aliphatic carbocycles. The second kappa shape index (κ2) is 3.55. The molecule has 2 rings (SSSR count). The Balaban J connectivity index is 2.68. The molecule has 0 aliphatic heterocycles. The van der Waals surface area contributed by atoms with E-state index >= 15 is 0 Å². The van der Waals surface area contributed by atoms with Crippen LogP contribution in [0.3, 0.4) is 0 Å². The first-order valence-electron chi connectivity index (χ1n) is 3.98. The van der Waals surface area contributed by atoms with Crippen LogP contribution in [-0.4, -0.2) is 9.97 Å². The summed E-state index contributed by atoms with van der Waals surface area (Å²) in [6.45, 7) is 1.88. The molecule has 3 nitrogen and oxygen atoms in total. The van der Waals surface area contributed by atoms with E-state index in [2.05, 4.69) is 9.97 Å². The molecule has 0 spiro atoms. The van der Waals surface area contributed by atoms with Gasteiger partial charge in [0.1, 0.15) is 0 Å². The first-order chi connectivity index (χ1) is 6.68. The zero-order valence-corrected chi connectivity index (χ0v) is 8.95. The molecule has 2 heterocycles. The number of nitrogens with zero attached hydrogens (tertiary/aromatic N) is 1. The van der Waals surface area contributed by atoms with Gasteiger partial charge in [0, 0.05) is 6.20 Å². The van der Waals surface area contributed by atoms with E-state index in [-0.39, 0.29) is 5.69 Å². The molecule has 1 N–H and O–H groups in total. The van der Waals surface area contributed by atoms with E-state index in [9.17, 15) is 4.79 Å². The number of hydrogen-bond donors (Lipinski definition) is 1. The van der Waals surface area contributed by atoms with Gasteiger partial charge in [-0.05, 0) is 23.9 Å². The maximum atomic E-state index is 11.0. The third-order valence-electron chi connectivity index (χ3n) is 1.85. The summed E-state index contributed by atoms with van der Waals surface area (Å²) in [7, 11) is 0. The average Bonchev–Trinajstić information content (AvgIpc) is 2.56. The van der Waals surface area contributed by atoms with Crippen molar-refractivity contribution in [1.82, 2.24) is 9.97 Å². The van der Waals surface area contributed by atoms with Crippen molar-refractivity contribution in [1.29, 1.82) is 0 Å². The highest BCUT2D eigenvalue weighted by Gasteiger charge is 2.08. The second-order valence-corrected chi connectivity index (χ2v) is 4.17. The van der Waals surface area contributed by atoms with E-state index in [0.29, 0.717) is 5.02 Å². The van der Waals surface area contributed by atoms with Crippen molar-refractivity contribution in [2.24, 2.45) is 0 Å². The number of thiophene rings is 1. The largest absolute Gasteiger partial charge is 0.345 e. The molecule has 2 aromatic rings. The molecule has 5 heteroatoms. The van der Waals surface area contributed by atoms with Crippen molar-refractivity contribution >= 4 is 22.9 Å². The number of aromatic nitrogens is 2. The molecule has 0 radical (unpaired) electrons. The lowest BCUT2D eigenvalue weighted by Gasteiger charge is -2.01. The number of aryl methyl sites for hydroxylation is 1. The number of hydrogen-bond acceptors (Lipinski definition) is 3. The van der Waals surface area contributed by atoms with Gasteiger partial charge in [0.15, 0.2) is 0 Å². The van der Waals surface area contributed by atoms with E-state index in [4.69, 9.17) is 11.6 Å². The van der Waals surface area contributed by atoms with Gasteiger partial charge < -0.3 is 4.98 Å². The predicted molar refractivity (Wildman–Crippen MR) is 57.9 cm³/mol. The molecule has 14 heavy (non-hydrogen) atoms. The first-order valence-corrected chi connectivity index (χ1v) is 5.23. The minimum Gasteiger partial charge on any atom is -0.304 e. The Kier molecular flexibility index (Phi) is 2.39. The summed E-state index contributed by atoms with van der Waals surface area (Å²) in [4.78, 5) is 18.2. The van der Waals surface area contributed by atoms with Crippen LogP contribution in [0, 0.1) is 6.92 Å². The van der Waals surface area contributed by atoms with Crippen LogP contribution < -0.4 is 5.69 Å². The molecule has 0 unspecified atom stereocenters. The molecule has 0 saturated carbocycles. The lowest BCUT2D eigenvalue weighted by molar-refractivity contribution is 1.06. The minimum atomic E-state index is -0.352. The normalized spacial score (nSPS) is 10.4. The summed E-state index contributed by atoms with van der Waals surface area (Å²) >= 11 is 7.46. The van der Waals surface area contributed by atoms with Crippen LogP contribution in [0.5, 0.6) is 0 Å². The van der Waals surface area contributed by atoms with E-state index in [0.717, 1.165) is 16.1 Å². The number of rotatable bonds is 1. The number of H-pyrrole nitrogens is 1. The highest BCUT2D eigenvalue weighted by molar-refractivity contribution is 7.14. The molecule has 0 aliphatic rings. The molecular weight excluding hydrogens is 220 g/mol. The third-order valence-corrected chi connectivity index (χ3v) is 3.20. The maximum Gasteiger partial charge on any atom is 0.345 e. The summed E-state index contributed by atoms with van der Waals surface area (Å²) in [6.07, 6.45) is 1.55. The van der Waals surface area contributed by atoms with Crippen molar-refractivity contribution in [3.05, 3.63) is 38.7 Å². The standard InChI is InChI=1S/C9H7ClN2OS/c1-5-4-11-9(13)12-7(5)8-6(10)2-3-14-8/h2-4H,1H3,(H,11,12,13). The van der Waals surface area contributed by atoms with Gasteiger partial charge in [0.05, 0.1) is 15.6 Å². The van der Waals surface area contributed by atoms with Crippen molar-refractivity contribution in [3.8, 4) is 10.6 Å². The van der Waals surface area contributed by atoms with Gasteiger partial charge in [-0.2, -0.15) is 0 Å². The van der Waals surface area contributed by atoms with Crippen molar-refractivity contribution in [2.75, 3.05) is 0 Å². The fourth-order valence-electron chi connectivity index (χ4n) is 1.17. The monoisotopic (exact) mass is 226 g/mol. The summed E-state index contributed by atoms with van der Waals surface area (Å²) in [5, 5.41) is 2.54. The Hall–Kier alpha value is -1.13. The lowest BCUT2D eigenvalue weighted by atomic mass is 10.2. The zero-order valence-electron chi connectivity index (χ0n) is 7.37. The molecule has 0 atom stereocenters. The maximum absolute atomic E-state index is 11.0. The van der Waals surface area contributed by atoms with E-state index in [1.807, 2.05) is 12.3 Å². The fourth-order valence-corrected chi connectivity index (χ4v) is 2.38. The van der Waals surface area contributed by atoms with Crippen LogP contribution in [0.15, 0.2) is 22.4 Å². The Morgan fingerprint density at radius 1 is 1.57 bits per heavy atom. The fraction of sp³-hybridized carbons (Fsp3) is 0.111. The van der Waals surface area contributed by atoms with Crippen molar-refractivity contribution < 1.29 is 0 Å². The molecular formula is C9H7ClN2OS. The second-order valence-electron chi connectivity index (χ2n) is 2.84. The van der Waals surface area contributed by atoms with E-state index in [1.54, 1.807) is 12.3 Å². The van der Waals surface area contributed by atoms with Crippen molar-refractivity contribution in [3.63, 3.8) is 0 Å². The van der Waals surface area contributed by atoms with Gasteiger partial charge in [-0.3, -0.25) is 0 Å². The van der Waals surface area contributed by atoms with Gasteiger partial charge in [-0.1, -0.05) is 11.6 Å². The lowest BCUT2D eigenvalue weighted by Crippen LogP contribution is -2.10. The first kappa shape index (κ1) is 9.43. The van der Waals surface area contributed by atoms with Gasteiger partial charge in [0.2, 0.25) is 0 Å². The van der Waals surface area contributed by atoms with Crippen LogP contribution in [-0.2, 0) is 0 Å². The predicted octanol–water partition coefficient (Wildman–Crippen LogP) is 2.46.